The van der Waals surface area contributed by atoms with Crippen LogP contribution in [0.5, 0.6) is 0 Å². The lowest BCUT2D eigenvalue weighted by atomic mass is 10.0. The Balaban J connectivity index is 1.72. The number of hydrogen-bond donors (Lipinski definition) is 1. The molecule has 1 heterocycles. The Labute approximate surface area is 150 Å². The zero-order valence-corrected chi connectivity index (χ0v) is 14.4. The summed E-state index contributed by atoms with van der Waals surface area (Å²) in [5.74, 6) is -0.316. The maximum absolute atomic E-state index is 12.4. The summed E-state index contributed by atoms with van der Waals surface area (Å²) in [6, 6.07) is 18.2. The Morgan fingerprint density at radius 2 is 1.68 bits per heavy atom. The van der Waals surface area contributed by atoms with Gasteiger partial charge in [-0.05, 0) is 11.1 Å². The fourth-order valence-corrected chi connectivity index (χ4v) is 3.50. The highest BCUT2D eigenvalue weighted by Gasteiger charge is 2.37. The summed E-state index contributed by atoms with van der Waals surface area (Å²) in [5.41, 5.74) is 1.78. The lowest BCUT2D eigenvalue weighted by molar-refractivity contribution is -0.128. The van der Waals surface area contributed by atoms with E-state index in [-0.39, 0.29) is 29.2 Å². The van der Waals surface area contributed by atoms with Crippen LogP contribution in [0.15, 0.2) is 60.7 Å². The lowest BCUT2D eigenvalue weighted by Gasteiger charge is -2.25. The number of amides is 3. The molecule has 1 N–H and O–H groups in total. The van der Waals surface area contributed by atoms with Gasteiger partial charge in [-0.2, -0.15) is 0 Å². The number of nitrogens with zero attached hydrogens (tertiary/aromatic N) is 1. The molecule has 0 spiro atoms. The average Bonchev–Trinajstić information content (AvgIpc) is 2.98. The summed E-state index contributed by atoms with van der Waals surface area (Å²) in [5, 5.41) is 2.56. The van der Waals surface area contributed by atoms with Gasteiger partial charge >= 0.3 is 0 Å². The standard InChI is InChI=1S/C19H18N2O3S/c22-17(20-12-14-7-3-1-4-8-14)11-16(15-9-5-2-6-10-15)21-18(23)13-25-19(21)24/h1-10,16H,11-13H2,(H,20,22). The molecule has 0 bridgehead atoms. The smallest absolute Gasteiger partial charge is 0.289 e. The van der Waals surface area contributed by atoms with Crippen molar-refractivity contribution in [1.82, 2.24) is 10.2 Å². The predicted molar refractivity (Wildman–Crippen MR) is 96.8 cm³/mol. The minimum atomic E-state index is -0.577. The number of carbonyl (C=O) groups excluding carboxylic acids is 3. The second-order valence-corrected chi connectivity index (χ2v) is 6.64. The number of nitrogens with one attached hydrogen (secondary N) is 1. The molecular formula is C19H18N2O3S. The number of imide groups is 1. The van der Waals surface area contributed by atoms with Crippen LogP contribution in [0.3, 0.4) is 0 Å². The third-order valence-corrected chi connectivity index (χ3v) is 4.83. The van der Waals surface area contributed by atoms with Crippen molar-refractivity contribution in [1.29, 1.82) is 0 Å². The van der Waals surface area contributed by atoms with Crippen molar-refractivity contribution in [2.45, 2.75) is 19.0 Å². The van der Waals surface area contributed by atoms with Gasteiger partial charge in [0, 0.05) is 6.54 Å². The van der Waals surface area contributed by atoms with Crippen molar-refractivity contribution in [2.75, 3.05) is 5.75 Å². The minimum absolute atomic E-state index is 0.0505. The number of carbonyl (C=O) groups is 3. The lowest BCUT2D eigenvalue weighted by Crippen LogP contribution is -2.36. The van der Waals surface area contributed by atoms with Crippen LogP contribution in [0, 0.1) is 0 Å². The Kier molecular flexibility index (Phi) is 5.50. The van der Waals surface area contributed by atoms with E-state index in [2.05, 4.69) is 5.32 Å². The normalized spacial score (nSPS) is 15.3. The molecule has 1 unspecified atom stereocenters. The molecule has 5 nitrogen and oxygen atoms in total. The first-order chi connectivity index (χ1) is 12.1. The molecule has 25 heavy (non-hydrogen) atoms. The molecule has 1 aliphatic rings. The summed E-state index contributed by atoms with van der Waals surface area (Å²) in [4.78, 5) is 37.8. The summed E-state index contributed by atoms with van der Waals surface area (Å²) in [6.45, 7) is 0.415. The molecule has 1 aliphatic heterocycles. The van der Waals surface area contributed by atoms with E-state index in [1.807, 2.05) is 60.7 Å². The molecule has 1 atom stereocenters. The molecule has 1 fully saturated rings. The molecular weight excluding hydrogens is 336 g/mol. The van der Waals surface area contributed by atoms with Gasteiger partial charge in [0.25, 0.3) is 5.24 Å². The van der Waals surface area contributed by atoms with Gasteiger partial charge in [0.05, 0.1) is 18.2 Å². The molecule has 0 aromatic heterocycles. The van der Waals surface area contributed by atoms with Crippen molar-refractivity contribution in [3.63, 3.8) is 0 Å². The number of benzene rings is 2. The van der Waals surface area contributed by atoms with Crippen LogP contribution >= 0.6 is 11.8 Å². The minimum Gasteiger partial charge on any atom is -0.352 e. The van der Waals surface area contributed by atoms with E-state index in [4.69, 9.17) is 0 Å². The van der Waals surface area contributed by atoms with E-state index in [0.29, 0.717) is 6.54 Å². The number of rotatable bonds is 6. The monoisotopic (exact) mass is 354 g/mol. The van der Waals surface area contributed by atoms with Crippen molar-refractivity contribution in [2.24, 2.45) is 0 Å². The van der Waals surface area contributed by atoms with Gasteiger partial charge in [-0.1, -0.05) is 72.4 Å². The highest BCUT2D eigenvalue weighted by atomic mass is 32.2. The SMILES string of the molecule is O=C(CC(c1ccccc1)N1C(=O)CSC1=O)NCc1ccccc1. The summed E-state index contributed by atoms with van der Waals surface area (Å²) < 4.78 is 0. The van der Waals surface area contributed by atoms with Crippen LogP contribution in [-0.2, 0) is 16.1 Å². The zero-order valence-electron chi connectivity index (χ0n) is 13.6. The highest BCUT2D eigenvalue weighted by Crippen LogP contribution is 2.32. The average molecular weight is 354 g/mol. The molecule has 6 heteroatoms. The first-order valence-electron chi connectivity index (χ1n) is 7.99. The maximum Gasteiger partial charge on any atom is 0.289 e. The molecule has 2 aromatic rings. The van der Waals surface area contributed by atoms with Gasteiger partial charge in [-0.15, -0.1) is 0 Å². The van der Waals surface area contributed by atoms with Crippen LogP contribution in [0.1, 0.15) is 23.6 Å². The van der Waals surface area contributed by atoms with Gasteiger partial charge in [0.1, 0.15) is 0 Å². The van der Waals surface area contributed by atoms with Gasteiger partial charge < -0.3 is 5.32 Å². The predicted octanol–water partition coefficient (Wildman–Crippen LogP) is 3.13. The first-order valence-corrected chi connectivity index (χ1v) is 8.98. The Bertz CT molecular complexity index is 749. The van der Waals surface area contributed by atoms with Crippen LogP contribution in [-0.4, -0.2) is 27.7 Å². The molecule has 3 amide bonds. The summed E-state index contributed by atoms with van der Waals surface area (Å²) in [7, 11) is 0. The van der Waals surface area contributed by atoms with E-state index in [9.17, 15) is 14.4 Å². The second kappa shape index (κ2) is 7.98. The summed E-state index contributed by atoms with van der Waals surface area (Å²) in [6.07, 6.45) is 0.0505. The van der Waals surface area contributed by atoms with Crippen LogP contribution in [0.4, 0.5) is 4.79 Å². The zero-order chi connectivity index (χ0) is 17.6. The topological polar surface area (TPSA) is 66.5 Å². The van der Waals surface area contributed by atoms with Crippen LogP contribution in [0.25, 0.3) is 0 Å². The van der Waals surface area contributed by atoms with Gasteiger partial charge in [0.15, 0.2) is 0 Å². The fraction of sp³-hybridized carbons (Fsp3) is 0.211. The first kappa shape index (κ1) is 17.2. The Hall–Kier alpha value is -2.60. The van der Waals surface area contributed by atoms with E-state index >= 15 is 0 Å². The van der Waals surface area contributed by atoms with E-state index in [1.54, 1.807) is 0 Å². The van der Waals surface area contributed by atoms with Gasteiger partial charge in [0.2, 0.25) is 11.8 Å². The molecule has 0 saturated carbocycles. The van der Waals surface area contributed by atoms with Gasteiger partial charge in [-0.25, -0.2) is 0 Å². The quantitative estimate of drug-likeness (QED) is 0.865. The van der Waals surface area contributed by atoms with Crippen molar-refractivity contribution < 1.29 is 14.4 Å². The number of thioether (sulfide) groups is 1. The third kappa shape index (κ3) is 4.28. The molecule has 0 aliphatic carbocycles. The Morgan fingerprint density at radius 3 is 2.28 bits per heavy atom. The second-order valence-electron chi connectivity index (χ2n) is 5.71. The fourth-order valence-electron chi connectivity index (χ4n) is 2.74. The highest BCUT2D eigenvalue weighted by molar-refractivity contribution is 8.14. The maximum atomic E-state index is 12.4. The third-order valence-electron chi connectivity index (χ3n) is 3.99. The summed E-state index contributed by atoms with van der Waals surface area (Å²) >= 11 is 0.980. The van der Waals surface area contributed by atoms with E-state index in [1.165, 1.54) is 4.90 Å². The van der Waals surface area contributed by atoms with Crippen molar-refractivity contribution in [3.8, 4) is 0 Å². The van der Waals surface area contributed by atoms with Gasteiger partial charge in [-0.3, -0.25) is 19.3 Å². The molecule has 0 radical (unpaired) electrons. The van der Waals surface area contributed by atoms with E-state index in [0.717, 1.165) is 22.9 Å². The molecule has 128 valence electrons. The van der Waals surface area contributed by atoms with Crippen molar-refractivity contribution >= 4 is 28.8 Å². The largest absolute Gasteiger partial charge is 0.352 e. The van der Waals surface area contributed by atoms with Crippen molar-refractivity contribution in [3.05, 3.63) is 71.8 Å². The molecule has 2 aromatic carbocycles. The molecule has 1 saturated heterocycles. The number of hydrogen-bond acceptors (Lipinski definition) is 4. The Morgan fingerprint density at radius 1 is 1.04 bits per heavy atom. The van der Waals surface area contributed by atoms with Crippen LogP contribution < -0.4 is 5.32 Å². The van der Waals surface area contributed by atoms with E-state index < -0.39 is 6.04 Å². The molecule has 3 rings (SSSR count). The van der Waals surface area contributed by atoms with Crippen LogP contribution in [0.2, 0.25) is 0 Å².